The molecule has 1 aromatic carbocycles. The van der Waals surface area contributed by atoms with E-state index in [9.17, 15) is 18.0 Å². The Labute approximate surface area is 167 Å². The molecule has 0 fully saturated rings. The Morgan fingerprint density at radius 2 is 2.07 bits per heavy atom. The third-order valence-electron chi connectivity index (χ3n) is 4.68. The quantitative estimate of drug-likeness (QED) is 0.717. The van der Waals surface area contributed by atoms with Gasteiger partial charge >= 0.3 is 6.09 Å². The van der Waals surface area contributed by atoms with E-state index in [1.165, 1.54) is 24.2 Å². The van der Waals surface area contributed by atoms with E-state index < -0.39 is 21.3 Å². The maximum atomic E-state index is 13.1. The number of ether oxygens (including phenoxy) is 1. The second kappa shape index (κ2) is 6.76. The van der Waals surface area contributed by atoms with Crippen LogP contribution in [0, 0.1) is 6.92 Å². The Hall–Kier alpha value is -2.63. The van der Waals surface area contributed by atoms with Gasteiger partial charge in [-0.1, -0.05) is 23.7 Å². The summed E-state index contributed by atoms with van der Waals surface area (Å²) in [6.07, 6.45) is 0.302. The van der Waals surface area contributed by atoms with Crippen LogP contribution in [0.4, 0.5) is 10.5 Å². The lowest BCUT2D eigenvalue weighted by atomic mass is 10.2. The van der Waals surface area contributed by atoms with Crippen LogP contribution < -0.4 is 4.72 Å². The number of rotatable bonds is 2. The molecule has 1 unspecified atom stereocenters. The fourth-order valence-corrected chi connectivity index (χ4v) is 4.50. The van der Waals surface area contributed by atoms with Gasteiger partial charge in [-0.3, -0.25) is 9.52 Å². The van der Waals surface area contributed by atoms with E-state index >= 15 is 0 Å². The highest BCUT2D eigenvalue weighted by molar-refractivity contribution is 8.07. The lowest BCUT2D eigenvalue weighted by Crippen LogP contribution is -2.63. The van der Waals surface area contributed by atoms with Crippen LogP contribution in [0.2, 0.25) is 5.02 Å². The SMILES string of the molecule is COC(=O)N1C[N+]2(C)C(=CC(=O)N2C)N=C1S(=O)(=O)Nc1c(C)cccc1Cl. The second-order valence-corrected chi connectivity index (χ2v) is 8.46. The number of hydrogen-bond acceptors (Lipinski definition) is 6. The number of aryl methyl sites for hydroxylation is 1. The smallest absolute Gasteiger partial charge is 0.420 e. The number of amides is 2. The molecule has 12 heteroatoms. The molecule has 0 spiro atoms. The van der Waals surface area contributed by atoms with E-state index in [1.54, 1.807) is 26.1 Å². The van der Waals surface area contributed by atoms with Crippen molar-refractivity contribution >= 4 is 44.5 Å². The highest BCUT2D eigenvalue weighted by Gasteiger charge is 2.52. The molecular weight excluding hydrogens is 410 g/mol. The van der Waals surface area contributed by atoms with Crippen LogP contribution in [0.3, 0.4) is 0 Å². The molecule has 1 aromatic rings. The van der Waals surface area contributed by atoms with Gasteiger partial charge in [-0.15, -0.1) is 0 Å². The van der Waals surface area contributed by atoms with Crippen molar-refractivity contribution in [1.29, 1.82) is 0 Å². The number of anilines is 1. The predicted molar refractivity (Wildman–Crippen MR) is 102 cm³/mol. The average Bonchev–Trinajstić information content (AvgIpc) is 2.86. The van der Waals surface area contributed by atoms with Crippen molar-refractivity contribution < 1.29 is 27.3 Å². The average molecular weight is 429 g/mol. The monoisotopic (exact) mass is 428 g/mol. The number of para-hydroxylation sites is 1. The number of sulfonamides is 1. The highest BCUT2D eigenvalue weighted by atomic mass is 35.5. The van der Waals surface area contributed by atoms with Crippen LogP contribution in [0.15, 0.2) is 35.1 Å². The Bertz CT molecular complexity index is 1020. The van der Waals surface area contributed by atoms with Crippen LogP contribution in [-0.4, -0.2) is 68.0 Å². The summed E-state index contributed by atoms with van der Waals surface area (Å²) >= 11 is 6.11. The van der Waals surface area contributed by atoms with Crippen molar-refractivity contribution in [3.63, 3.8) is 0 Å². The molecule has 2 heterocycles. The molecule has 0 bridgehead atoms. The molecule has 28 heavy (non-hydrogen) atoms. The lowest BCUT2D eigenvalue weighted by molar-refractivity contribution is -0.974. The molecule has 1 atom stereocenters. The number of nitrogens with one attached hydrogen (secondary N) is 1. The molecule has 0 aliphatic carbocycles. The summed E-state index contributed by atoms with van der Waals surface area (Å²) in [6.45, 7) is 1.49. The van der Waals surface area contributed by atoms with Gasteiger partial charge in [0.05, 0.1) is 38.0 Å². The molecule has 2 aliphatic heterocycles. The summed E-state index contributed by atoms with van der Waals surface area (Å²) in [5, 5.41) is 0.952. The number of likely N-dealkylation sites (N-methyl/N-ethyl adjacent to an activating group) is 1. The molecule has 2 aliphatic rings. The normalized spacial score (nSPS) is 21.8. The molecule has 2 amide bonds. The number of nitrogens with zero attached hydrogens (tertiary/aromatic N) is 4. The highest BCUT2D eigenvalue weighted by Crippen LogP contribution is 2.33. The molecule has 10 nitrogen and oxygen atoms in total. The lowest BCUT2D eigenvalue weighted by Gasteiger charge is -2.40. The molecule has 0 aromatic heterocycles. The zero-order valence-electron chi connectivity index (χ0n) is 15.6. The van der Waals surface area contributed by atoms with Gasteiger partial charge in [0.2, 0.25) is 0 Å². The van der Waals surface area contributed by atoms with Crippen molar-refractivity contribution in [3.8, 4) is 0 Å². The largest absolute Gasteiger partial charge is 0.452 e. The number of aliphatic imine (C=N–C) groups is 1. The number of hydrogen-bond donors (Lipinski definition) is 1. The molecule has 1 N–H and O–H groups in total. The first kappa shape index (κ1) is 20.1. The zero-order valence-corrected chi connectivity index (χ0v) is 17.2. The summed E-state index contributed by atoms with van der Waals surface area (Å²) in [5.41, 5.74) is 0.765. The van der Waals surface area contributed by atoms with Gasteiger partial charge in [-0.25, -0.2) is 4.79 Å². The number of carbonyl (C=O) groups is 2. The Kier molecular flexibility index (Phi) is 4.86. The van der Waals surface area contributed by atoms with Crippen molar-refractivity contribution in [2.45, 2.75) is 6.92 Å². The molecule has 3 rings (SSSR count). The van der Waals surface area contributed by atoms with Crippen molar-refractivity contribution in [1.82, 2.24) is 9.91 Å². The number of halogens is 1. The number of amidine groups is 1. The Balaban J connectivity index is 2.11. The number of carbonyl (C=O) groups excluding carboxylic acids is 2. The van der Waals surface area contributed by atoms with E-state index in [0.717, 1.165) is 12.0 Å². The van der Waals surface area contributed by atoms with Crippen LogP contribution in [0.25, 0.3) is 0 Å². The molecular formula is C16H19ClN5O5S+. The van der Waals surface area contributed by atoms with Crippen LogP contribution in [0.5, 0.6) is 0 Å². The van der Waals surface area contributed by atoms with E-state index in [1.807, 2.05) is 0 Å². The van der Waals surface area contributed by atoms with Gasteiger partial charge in [0.1, 0.15) is 0 Å². The van der Waals surface area contributed by atoms with Gasteiger partial charge in [0.25, 0.3) is 26.9 Å². The van der Waals surface area contributed by atoms with E-state index in [0.29, 0.717) is 5.56 Å². The summed E-state index contributed by atoms with van der Waals surface area (Å²) in [7, 11) is -0.0391. The van der Waals surface area contributed by atoms with E-state index in [4.69, 9.17) is 16.3 Å². The standard InChI is InChI=1S/C16H19ClN5O5S/c1-10-6-5-7-11(17)14(10)19-28(25,26)15-18-12-8-13(23)20(2)22(12,3)9-21(15)16(24)27-4/h5-8,19H,9H2,1-4H3/q+1. The topological polar surface area (TPSA) is 108 Å². The first-order valence-corrected chi connectivity index (χ1v) is 9.95. The number of quaternary nitrogens is 1. The van der Waals surface area contributed by atoms with E-state index in [-0.39, 0.29) is 33.7 Å². The minimum Gasteiger partial charge on any atom is -0.452 e. The third kappa shape index (κ3) is 3.11. The fraction of sp³-hybridized carbons (Fsp3) is 0.312. The van der Waals surface area contributed by atoms with Gasteiger partial charge in [-0.2, -0.15) is 27.9 Å². The first-order valence-electron chi connectivity index (χ1n) is 8.09. The predicted octanol–water partition coefficient (Wildman–Crippen LogP) is 1.46. The maximum absolute atomic E-state index is 13.1. The van der Waals surface area contributed by atoms with Crippen molar-refractivity contribution in [2.75, 3.05) is 32.6 Å². The van der Waals surface area contributed by atoms with Crippen LogP contribution in [0.1, 0.15) is 5.56 Å². The van der Waals surface area contributed by atoms with Crippen molar-refractivity contribution in [2.24, 2.45) is 4.99 Å². The van der Waals surface area contributed by atoms with E-state index in [2.05, 4.69) is 9.71 Å². The number of methoxy groups -OCH3 is 1. The van der Waals surface area contributed by atoms with Gasteiger partial charge < -0.3 is 4.74 Å². The maximum Gasteiger partial charge on any atom is 0.420 e. The Morgan fingerprint density at radius 3 is 2.68 bits per heavy atom. The number of fused-ring (bicyclic) bond motifs is 1. The van der Waals surface area contributed by atoms with Gasteiger partial charge in [-0.05, 0) is 18.6 Å². The second-order valence-electron chi connectivity index (χ2n) is 6.47. The molecule has 0 saturated carbocycles. The summed E-state index contributed by atoms with van der Waals surface area (Å²) in [5.74, 6) is -0.177. The first-order chi connectivity index (χ1) is 13.0. The summed E-state index contributed by atoms with van der Waals surface area (Å²) < 4.78 is 33.0. The third-order valence-corrected chi connectivity index (χ3v) is 6.26. The Morgan fingerprint density at radius 1 is 1.39 bits per heavy atom. The molecule has 150 valence electrons. The minimum atomic E-state index is -4.33. The van der Waals surface area contributed by atoms with Crippen LogP contribution in [-0.2, 0) is 19.6 Å². The fourth-order valence-electron chi connectivity index (χ4n) is 2.91. The zero-order chi connectivity index (χ0) is 20.9. The molecule has 0 radical (unpaired) electrons. The van der Waals surface area contributed by atoms with Gasteiger partial charge in [0, 0.05) is 0 Å². The van der Waals surface area contributed by atoms with Crippen LogP contribution >= 0.6 is 11.6 Å². The van der Waals surface area contributed by atoms with Crippen molar-refractivity contribution in [3.05, 3.63) is 40.7 Å². The van der Waals surface area contributed by atoms with Gasteiger partial charge in [0.15, 0.2) is 6.67 Å². The number of benzene rings is 1. The summed E-state index contributed by atoms with van der Waals surface area (Å²) in [4.78, 5) is 29.4. The molecule has 0 saturated heterocycles. The summed E-state index contributed by atoms with van der Waals surface area (Å²) in [6, 6.07) is 4.90. The minimum absolute atomic E-state index is 0.174.